The number of rotatable bonds is 3. The van der Waals surface area contributed by atoms with Gasteiger partial charge in [-0.25, -0.2) is 4.98 Å². The van der Waals surface area contributed by atoms with Gasteiger partial charge in [-0.3, -0.25) is 23.9 Å². The van der Waals surface area contributed by atoms with Crippen LogP contribution in [0.3, 0.4) is 0 Å². The molecule has 1 saturated heterocycles. The van der Waals surface area contributed by atoms with Gasteiger partial charge in [0.05, 0.1) is 28.6 Å². The predicted molar refractivity (Wildman–Crippen MR) is 118 cm³/mol. The zero-order chi connectivity index (χ0) is 23.0. The number of thiophene rings is 1. The van der Waals surface area contributed by atoms with E-state index < -0.39 is 0 Å². The van der Waals surface area contributed by atoms with Gasteiger partial charge in [0.15, 0.2) is 5.69 Å². The van der Waals surface area contributed by atoms with E-state index in [-0.39, 0.29) is 42.1 Å². The highest BCUT2D eigenvalue weighted by Crippen LogP contribution is 2.43. The number of hydrogen-bond donors (Lipinski definition) is 0. The lowest BCUT2D eigenvalue weighted by Gasteiger charge is -2.22. The number of imidazole rings is 1. The molecule has 1 atom stereocenters. The summed E-state index contributed by atoms with van der Waals surface area (Å²) in [7, 11) is 0. The van der Waals surface area contributed by atoms with Gasteiger partial charge in [0.25, 0.3) is 23.6 Å². The Hall–Kier alpha value is -4.12. The van der Waals surface area contributed by atoms with Crippen molar-refractivity contribution in [3.8, 4) is 17.3 Å². The van der Waals surface area contributed by atoms with E-state index in [9.17, 15) is 14.4 Å². The first-order chi connectivity index (χ1) is 16.6. The van der Waals surface area contributed by atoms with Gasteiger partial charge in [0.2, 0.25) is 5.89 Å². The Morgan fingerprint density at radius 2 is 1.82 bits per heavy atom. The van der Waals surface area contributed by atoms with E-state index in [0.717, 1.165) is 29.1 Å². The van der Waals surface area contributed by atoms with Crippen LogP contribution in [-0.4, -0.2) is 53.8 Å². The van der Waals surface area contributed by atoms with E-state index in [1.807, 2.05) is 20.9 Å². The molecule has 0 N–H and O–H groups in total. The molecule has 1 fully saturated rings. The molecule has 6 heterocycles. The first-order valence-electron chi connectivity index (χ1n) is 10.9. The lowest BCUT2D eigenvalue weighted by atomic mass is 10.1. The predicted octanol–water partition coefficient (Wildman–Crippen LogP) is 3.07. The Morgan fingerprint density at radius 1 is 1.03 bits per heavy atom. The molecule has 0 spiro atoms. The second kappa shape index (κ2) is 6.94. The van der Waals surface area contributed by atoms with Crippen LogP contribution in [0, 0.1) is 0 Å². The van der Waals surface area contributed by atoms with E-state index in [2.05, 4.69) is 15.2 Å². The minimum atomic E-state index is -0.388. The van der Waals surface area contributed by atoms with Gasteiger partial charge in [-0.1, -0.05) is 12.1 Å². The van der Waals surface area contributed by atoms with E-state index >= 15 is 0 Å². The van der Waals surface area contributed by atoms with Crippen molar-refractivity contribution in [2.45, 2.75) is 25.4 Å². The molecule has 3 aliphatic heterocycles. The van der Waals surface area contributed by atoms with Crippen LogP contribution in [0.15, 0.2) is 46.5 Å². The summed E-state index contributed by atoms with van der Waals surface area (Å²) in [6, 6.07) is 8.47. The van der Waals surface area contributed by atoms with E-state index in [1.165, 1.54) is 11.3 Å². The van der Waals surface area contributed by atoms with Gasteiger partial charge in [-0.2, -0.15) is 0 Å². The molecule has 0 bridgehead atoms. The number of benzene rings is 1. The second-order valence-electron chi connectivity index (χ2n) is 8.38. The van der Waals surface area contributed by atoms with Gasteiger partial charge >= 0.3 is 0 Å². The minimum absolute atomic E-state index is 0.0268. The largest absolute Gasteiger partial charge is 0.417 e. The minimum Gasteiger partial charge on any atom is -0.417 e. The Bertz CT molecular complexity index is 1480. The van der Waals surface area contributed by atoms with Crippen LogP contribution in [-0.2, 0) is 6.54 Å². The zero-order valence-electron chi connectivity index (χ0n) is 17.7. The molecule has 0 saturated carbocycles. The maximum atomic E-state index is 13.1. The van der Waals surface area contributed by atoms with Crippen molar-refractivity contribution in [3.63, 3.8) is 0 Å². The van der Waals surface area contributed by atoms with Crippen LogP contribution in [0.1, 0.15) is 60.9 Å². The first-order valence-corrected chi connectivity index (χ1v) is 11.7. The molecule has 3 aromatic heterocycles. The molecule has 3 amide bonds. The van der Waals surface area contributed by atoms with Crippen molar-refractivity contribution in [1.82, 2.24) is 29.5 Å². The van der Waals surface area contributed by atoms with Gasteiger partial charge < -0.3 is 9.32 Å². The van der Waals surface area contributed by atoms with Crippen LogP contribution in [0.2, 0.25) is 0 Å². The summed E-state index contributed by atoms with van der Waals surface area (Å²) in [6.45, 7) is 0.554. The standard InChI is InChI=1S/C23H16N6O4S/c30-21-12-4-1-2-5-13(12)22(31)28(21)10-16-25-26-20(33-16)17-18-14-6-3-8-27(14)23(32)19-15(7-9-34-19)29(18)11-24-17/h1-2,4-5,7,9,11,14H,3,6,8,10H2/t14-/m0/s1. The van der Waals surface area contributed by atoms with Crippen molar-refractivity contribution in [1.29, 1.82) is 0 Å². The summed E-state index contributed by atoms with van der Waals surface area (Å²) in [6.07, 6.45) is 3.39. The van der Waals surface area contributed by atoms with Gasteiger partial charge in [0, 0.05) is 6.54 Å². The number of fused-ring (bicyclic) bond motifs is 6. The highest BCUT2D eigenvalue weighted by molar-refractivity contribution is 7.12. The molecular formula is C23H16N6O4S. The smallest absolute Gasteiger partial charge is 0.268 e. The lowest BCUT2D eigenvalue weighted by Crippen LogP contribution is -2.29. The summed E-state index contributed by atoms with van der Waals surface area (Å²) in [4.78, 5) is 46.7. The fourth-order valence-corrected chi connectivity index (χ4v) is 5.88. The normalized spacial score (nSPS) is 18.7. The number of carbonyl (C=O) groups excluding carboxylic acids is 3. The fourth-order valence-electron chi connectivity index (χ4n) is 5.04. The number of carbonyl (C=O) groups is 3. The third-order valence-electron chi connectivity index (χ3n) is 6.57. The lowest BCUT2D eigenvalue weighted by molar-refractivity contribution is 0.0628. The maximum absolute atomic E-state index is 13.1. The number of imide groups is 1. The van der Waals surface area contributed by atoms with Crippen LogP contribution >= 0.6 is 11.3 Å². The Kier molecular flexibility index (Phi) is 3.95. The van der Waals surface area contributed by atoms with Gasteiger partial charge in [-0.05, 0) is 36.4 Å². The molecule has 7 rings (SSSR count). The van der Waals surface area contributed by atoms with E-state index in [1.54, 1.807) is 30.6 Å². The van der Waals surface area contributed by atoms with Crippen molar-refractivity contribution in [2.75, 3.05) is 6.54 Å². The van der Waals surface area contributed by atoms with Crippen LogP contribution in [0.25, 0.3) is 17.3 Å². The SMILES string of the molecule is O=C1c2ccccc2C(=O)N1Cc1nnc(-c2ncn3c2[C@@H]2CCCN2C(=O)c2sccc2-3)o1. The molecule has 0 radical (unpaired) electrons. The third kappa shape index (κ3) is 2.55. The molecule has 4 aromatic rings. The third-order valence-corrected chi connectivity index (χ3v) is 7.46. The maximum Gasteiger partial charge on any atom is 0.268 e. The molecule has 34 heavy (non-hydrogen) atoms. The molecule has 168 valence electrons. The summed E-state index contributed by atoms with van der Waals surface area (Å²) >= 11 is 1.42. The molecule has 11 heteroatoms. The number of nitrogens with zero attached hydrogens (tertiary/aromatic N) is 6. The molecule has 3 aliphatic rings. The molecular weight excluding hydrogens is 456 g/mol. The molecule has 0 unspecified atom stereocenters. The van der Waals surface area contributed by atoms with Crippen molar-refractivity contribution >= 4 is 29.1 Å². The van der Waals surface area contributed by atoms with Crippen molar-refractivity contribution < 1.29 is 18.8 Å². The van der Waals surface area contributed by atoms with Gasteiger partial charge in [0.1, 0.15) is 17.7 Å². The number of hydrogen-bond acceptors (Lipinski definition) is 8. The second-order valence-corrected chi connectivity index (χ2v) is 9.30. The van der Waals surface area contributed by atoms with Crippen LogP contribution in [0.4, 0.5) is 0 Å². The molecule has 1 aromatic carbocycles. The Labute approximate surface area is 196 Å². The van der Waals surface area contributed by atoms with Crippen LogP contribution in [0.5, 0.6) is 0 Å². The quantitative estimate of drug-likeness (QED) is 0.421. The summed E-state index contributed by atoms with van der Waals surface area (Å²) < 4.78 is 7.83. The van der Waals surface area contributed by atoms with E-state index in [4.69, 9.17) is 4.42 Å². The Balaban J connectivity index is 1.25. The van der Waals surface area contributed by atoms with Crippen molar-refractivity contribution in [3.05, 3.63) is 69.6 Å². The number of aromatic nitrogens is 4. The monoisotopic (exact) mass is 472 g/mol. The topological polar surface area (TPSA) is 114 Å². The molecule has 0 aliphatic carbocycles. The summed E-state index contributed by atoms with van der Waals surface area (Å²) in [5.74, 6) is -0.421. The average Bonchev–Trinajstić information content (AvgIpc) is 3.66. The summed E-state index contributed by atoms with van der Waals surface area (Å²) in [5.41, 5.74) is 2.86. The van der Waals surface area contributed by atoms with Crippen LogP contribution < -0.4 is 0 Å². The number of amides is 3. The Morgan fingerprint density at radius 3 is 2.62 bits per heavy atom. The van der Waals surface area contributed by atoms with Gasteiger partial charge in [-0.15, -0.1) is 21.5 Å². The first kappa shape index (κ1) is 19.4. The fraction of sp³-hybridized carbons (Fsp3) is 0.217. The zero-order valence-corrected chi connectivity index (χ0v) is 18.5. The highest BCUT2D eigenvalue weighted by Gasteiger charge is 2.41. The molecule has 10 nitrogen and oxygen atoms in total. The average molecular weight is 472 g/mol. The van der Waals surface area contributed by atoms with Crippen molar-refractivity contribution in [2.24, 2.45) is 0 Å². The highest BCUT2D eigenvalue weighted by atomic mass is 32.1. The summed E-state index contributed by atoms with van der Waals surface area (Å²) in [5, 5.41) is 10.2. The van der Waals surface area contributed by atoms with E-state index in [0.29, 0.717) is 28.2 Å².